The van der Waals surface area contributed by atoms with Crippen LogP contribution < -0.4 is 5.32 Å². The van der Waals surface area contributed by atoms with Crippen molar-refractivity contribution in [3.63, 3.8) is 0 Å². The van der Waals surface area contributed by atoms with Gasteiger partial charge in [0.1, 0.15) is 0 Å². The zero-order chi connectivity index (χ0) is 11.5. The van der Waals surface area contributed by atoms with Crippen LogP contribution in [0.1, 0.15) is 18.5 Å². The number of hydrogen-bond acceptors (Lipinski definition) is 2. The van der Waals surface area contributed by atoms with E-state index in [1.165, 1.54) is 0 Å². The number of para-hydroxylation sites is 1. The van der Waals surface area contributed by atoms with Crippen LogP contribution in [-0.4, -0.2) is 16.8 Å². The molecule has 84 valence electrons. The van der Waals surface area contributed by atoms with Gasteiger partial charge in [-0.2, -0.15) is 5.10 Å². The van der Waals surface area contributed by atoms with Crippen LogP contribution >= 0.6 is 11.6 Å². The van der Waals surface area contributed by atoms with E-state index in [0.717, 1.165) is 11.3 Å². The first-order valence-electron chi connectivity index (χ1n) is 5.19. The average Bonchev–Trinajstić information content (AvgIpc) is 2.78. The molecule has 0 bridgehead atoms. The van der Waals surface area contributed by atoms with Crippen LogP contribution in [0.3, 0.4) is 0 Å². The molecule has 3 nitrogen and oxygen atoms in total. The van der Waals surface area contributed by atoms with E-state index >= 15 is 0 Å². The van der Waals surface area contributed by atoms with Crippen LogP contribution in [0.5, 0.6) is 0 Å². The second-order valence-electron chi connectivity index (χ2n) is 3.68. The fourth-order valence-electron chi connectivity index (χ4n) is 1.50. The molecule has 0 radical (unpaired) electrons. The van der Waals surface area contributed by atoms with Crippen molar-refractivity contribution >= 4 is 11.6 Å². The molecule has 0 fully saturated rings. The molecule has 0 aliphatic rings. The summed E-state index contributed by atoms with van der Waals surface area (Å²) >= 11 is 6.11. The Morgan fingerprint density at radius 1 is 1.38 bits per heavy atom. The summed E-state index contributed by atoms with van der Waals surface area (Å²) in [7, 11) is 1.93. The first-order chi connectivity index (χ1) is 7.72. The smallest absolute Gasteiger partial charge is 0.0831 e. The highest BCUT2D eigenvalue weighted by Crippen LogP contribution is 2.20. The standard InChI is InChI=1S/C12H14ClN3/c1-9(14-2)10-7-15-16(8-10)12-6-4-3-5-11(12)13/h3-9,14H,1-2H3. The molecule has 0 amide bonds. The van der Waals surface area contributed by atoms with Crippen molar-refractivity contribution in [2.75, 3.05) is 7.05 Å². The molecule has 4 heteroatoms. The van der Waals surface area contributed by atoms with E-state index in [-0.39, 0.29) is 6.04 Å². The molecule has 1 aromatic carbocycles. The van der Waals surface area contributed by atoms with Crippen LogP contribution in [-0.2, 0) is 0 Å². The van der Waals surface area contributed by atoms with Gasteiger partial charge >= 0.3 is 0 Å². The Hall–Kier alpha value is -1.32. The van der Waals surface area contributed by atoms with Gasteiger partial charge < -0.3 is 5.32 Å². The predicted octanol–water partition coefficient (Wildman–Crippen LogP) is 2.81. The molecule has 16 heavy (non-hydrogen) atoms. The lowest BCUT2D eigenvalue weighted by molar-refractivity contribution is 0.652. The van der Waals surface area contributed by atoms with E-state index in [9.17, 15) is 0 Å². The third kappa shape index (κ3) is 2.10. The molecule has 2 aromatic rings. The molecule has 0 saturated heterocycles. The zero-order valence-electron chi connectivity index (χ0n) is 9.31. The van der Waals surface area contributed by atoms with Crippen molar-refractivity contribution < 1.29 is 0 Å². The van der Waals surface area contributed by atoms with Crippen molar-refractivity contribution in [1.82, 2.24) is 15.1 Å². The van der Waals surface area contributed by atoms with Gasteiger partial charge in [0, 0.05) is 17.8 Å². The molecule has 1 atom stereocenters. The molecule has 1 aromatic heterocycles. The predicted molar refractivity (Wildman–Crippen MR) is 66.0 cm³/mol. The number of aromatic nitrogens is 2. The Morgan fingerprint density at radius 2 is 2.12 bits per heavy atom. The quantitative estimate of drug-likeness (QED) is 0.887. The van der Waals surface area contributed by atoms with E-state index in [0.29, 0.717) is 5.02 Å². The zero-order valence-corrected chi connectivity index (χ0v) is 10.1. The average molecular weight is 236 g/mol. The molecule has 0 aliphatic carbocycles. The first kappa shape index (κ1) is 11.2. The second kappa shape index (κ2) is 4.68. The fourth-order valence-corrected chi connectivity index (χ4v) is 1.72. The number of hydrogen-bond donors (Lipinski definition) is 1. The van der Waals surface area contributed by atoms with Gasteiger partial charge in [-0.25, -0.2) is 4.68 Å². The minimum absolute atomic E-state index is 0.288. The van der Waals surface area contributed by atoms with Gasteiger partial charge in [-0.05, 0) is 26.1 Å². The summed E-state index contributed by atoms with van der Waals surface area (Å²) < 4.78 is 1.80. The molecular weight excluding hydrogens is 222 g/mol. The van der Waals surface area contributed by atoms with Gasteiger partial charge in [0.2, 0.25) is 0 Å². The summed E-state index contributed by atoms with van der Waals surface area (Å²) in [5.74, 6) is 0. The Morgan fingerprint density at radius 3 is 2.81 bits per heavy atom. The summed E-state index contributed by atoms with van der Waals surface area (Å²) in [6, 6.07) is 7.95. The van der Waals surface area contributed by atoms with Crippen LogP contribution in [0, 0.1) is 0 Å². The SMILES string of the molecule is CNC(C)c1cnn(-c2ccccc2Cl)c1. The maximum absolute atomic E-state index is 6.11. The number of nitrogens with one attached hydrogen (secondary N) is 1. The topological polar surface area (TPSA) is 29.9 Å². The summed E-state index contributed by atoms with van der Waals surface area (Å²) in [6.45, 7) is 2.09. The molecule has 0 spiro atoms. The lowest BCUT2D eigenvalue weighted by Gasteiger charge is -2.06. The number of benzene rings is 1. The van der Waals surface area contributed by atoms with Gasteiger partial charge in [-0.3, -0.25) is 0 Å². The van der Waals surface area contributed by atoms with Crippen LogP contribution in [0.25, 0.3) is 5.69 Å². The van der Waals surface area contributed by atoms with Crippen molar-refractivity contribution in [3.8, 4) is 5.69 Å². The lowest BCUT2D eigenvalue weighted by Crippen LogP contribution is -2.11. The molecule has 0 aliphatic heterocycles. The van der Waals surface area contributed by atoms with E-state index in [4.69, 9.17) is 11.6 Å². The first-order valence-corrected chi connectivity index (χ1v) is 5.57. The Labute approximate surface area is 100 Å². The van der Waals surface area contributed by atoms with Gasteiger partial charge in [0.15, 0.2) is 0 Å². The molecule has 1 N–H and O–H groups in total. The summed E-state index contributed by atoms with van der Waals surface area (Å²) in [5.41, 5.74) is 2.04. The maximum Gasteiger partial charge on any atom is 0.0831 e. The highest BCUT2D eigenvalue weighted by atomic mass is 35.5. The van der Waals surface area contributed by atoms with E-state index < -0.39 is 0 Å². The van der Waals surface area contributed by atoms with Crippen molar-refractivity contribution in [1.29, 1.82) is 0 Å². The van der Waals surface area contributed by atoms with Crippen LogP contribution in [0.4, 0.5) is 0 Å². The summed E-state index contributed by atoms with van der Waals surface area (Å²) in [4.78, 5) is 0. The molecule has 2 rings (SSSR count). The molecule has 1 heterocycles. The minimum atomic E-state index is 0.288. The van der Waals surface area contributed by atoms with E-state index in [2.05, 4.69) is 17.3 Å². The Bertz CT molecular complexity index is 479. The lowest BCUT2D eigenvalue weighted by atomic mass is 10.2. The third-order valence-corrected chi connectivity index (χ3v) is 2.95. The third-order valence-electron chi connectivity index (χ3n) is 2.63. The monoisotopic (exact) mass is 235 g/mol. The van der Waals surface area contributed by atoms with Crippen LogP contribution in [0.2, 0.25) is 5.02 Å². The maximum atomic E-state index is 6.11. The number of halogens is 1. The van der Waals surface area contributed by atoms with Gasteiger partial charge in [0.05, 0.1) is 16.9 Å². The molecular formula is C12H14ClN3. The number of rotatable bonds is 3. The second-order valence-corrected chi connectivity index (χ2v) is 4.09. The minimum Gasteiger partial charge on any atom is -0.313 e. The Kier molecular flexibility index (Phi) is 3.27. The van der Waals surface area contributed by atoms with E-state index in [1.54, 1.807) is 4.68 Å². The van der Waals surface area contributed by atoms with Gasteiger partial charge in [-0.15, -0.1) is 0 Å². The molecule has 0 saturated carbocycles. The van der Waals surface area contributed by atoms with E-state index in [1.807, 2.05) is 43.7 Å². The van der Waals surface area contributed by atoms with Crippen molar-refractivity contribution in [3.05, 3.63) is 47.2 Å². The van der Waals surface area contributed by atoms with Gasteiger partial charge in [-0.1, -0.05) is 23.7 Å². The fraction of sp³-hybridized carbons (Fsp3) is 0.250. The van der Waals surface area contributed by atoms with Gasteiger partial charge in [0.25, 0.3) is 0 Å². The van der Waals surface area contributed by atoms with Crippen molar-refractivity contribution in [2.24, 2.45) is 0 Å². The highest BCUT2D eigenvalue weighted by molar-refractivity contribution is 6.32. The number of nitrogens with zero attached hydrogens (tertiary/aromatic N) is 2. The normalized spacial score (nSPS) is 12.7. The molecule has 1 unspecified atom stereocenters. The summed E-state index contributed by atoms with van der Waals surface area (Å²) in [6.07, 6.45) is 3.84. The van der Waals surface area contributed by atoms with Crippen LogP contribution in [0.15, 0.2) is 36.7 Å². The Balaban J connectivity index is 2.35. The highest BCUT2D eigenvalue weighted by Gasteiger charge is 2.08. The summed E-state index contributed by atoms with van der Waals surface area (Å²) in [5, 5.41) is 8.19. The van der Waals surface area contributed by atoms with Crippen molar-refractivity contribution in [2.45, 2.75) is 13.0 Å². The largest absolute Gasteiger partial charge is 0.313 e.